The lowest BCUT2D eigenvalue weighted by Gasteiger charge is -2.32. The molecule has 0 spiro atoms. The molecule has 172 valence electrons. The molecule has 0 saturated carbocycles. The van der Waals surface area contributed by atoms with Gasteiger partial charge in [0.05, 0.1) is 6.54 Å². The number of hydrogen-bond donors (Lipinski definition) is 3. The summed E-state index contributed by atoms with van der Waals surface area (Å²) < 4.78 is 0. The quantitative estimate of drug-likeness (QED) is 0.216. The van der Waals surface area contributed by atoms with E-state index in [2.05, 4.69) is 24.5 Å². The van der Waals surface area contributed by atoms with Crippen LogP contribution in [0.4, 0.5) is 0 Å². The largest absolute Gasteiger partial charge is 0.396 e. The maximum Gasteiger partial charge on any atom is 0.253 e. The van der Waals surface area contributed by atoms with Gasteiger partial charge in [0.1, 0.15) is 0 Å². The third-order valence-corrected chi connectivity index (χ3v) is 5.79. The number of benzene rings is 1. The lowest BCUT2D eigenvalue weighted by atomic mass is 9.79. The minimum absolute atomic E-state index is 0. The van der Waals surface area contributed by atoms with E-state index in [1.807, 2.05) is 49.9 Å². The van der Waals surface area contributed by atoms with E-state index in [0.29, 0.717) is 25.2 Å². The van der Waals surface area contributed by atoms with Gasteiger partial charge in [0.15, 0.2) is 5.96 Å². The normalized spacial score (nSPS) is 11.6. The van der Waals surface area contributed by atoms with Crippen LogP contribution in [-0.2, 0) is 6.54 Å². The number of guanidine groups is 1. The number of hydrogen-bond acceptors (Lipinski definition) is 3. The van der Waals surface area contributed by atoms with E-state index in [9.17, 15) is 9.90 Å². The zero-order chi connectivity index (χ0) is 21.7. The maximum atomic E-state index is 12.4. The third-order valence-electron chi connectivity index (χ3n) is 5.79. The summed E-state index contributed by atoms with van der Waals surface area (Å²) in [5.74, 6) is 0.847. The van der Waals surface area contributed by atoms with E-state index in [1.165, 1.54) is 0 Å². The standard InChI is InChI=1S/C23H40N4O2.HI/c1-6-23(7-2,15-16-28)18-26-22(24-8-3)25-17-19-11-13-20(14-12-19)21(29)27(9-4)10-5;/h11-14,28H,6-10,15-18H2,1-5H3,(H2,24,25,26);1H. The van der Waals surface area contributed by atoms with E-state index in [0.717, 1.165) is 43.9 Å². The second-order valence-corrected chi connectivity index (χ2v) is 7.40. The summed E-state index contributed by atoms with van der Waals surface area (Å²) in [4.78, 5) is 18.9. The monoisotopic (exact) mass is 532 g/mol. The van der Waals surface area contributed by atoms with Gasteiger partial charge in [-0.2, -0.15) is 0 Å². The van der Waals surface area contributed by atoms with Gasteiger partial charge in [-0.1, -0.05) is 26.0 Å². The predicted molar refractivity (Wildman–Crippen MR) is 137 cm³/mol. The van der Waals surface area contributed by atoms with Crippen molar-refractivity contribution in [2.75, 3.05) is 32.8 Å². The first-order valence-electron chi connectivity index (χ1n) is 11.0. The first-order chi connectivity index (χ1) is 14.0. The van der Waals surface area contributed by atoms with Crippen molar-refractivity contribution in [2.45, 2.75) is 60.4 Å². The number of amides is 1. The number of nitrogens with zero attached hydrogens (tertiary/aromatic N) is 2. The molecule has 1 aromatic rings. The van der Waals surface area contributed by atoms with Gasteiger partial charge in [-0.25, -0.2) is 4.99 Å². The van der Waals surface area contributed by atoms with Crippen molar-refractivity contribution >= 4 is 35.8 Å². The van der Waals surface area contributed by atoms with E-state index in [4.69, 9.17) is 4.99 Å². The molecule has 3 N–H and O–H groups in total. The second-order valence-electron chi connectivity index (χ2n) is 7.40. The highest BCUT2D eigenvalue weighted by Gasteiger charge is 2.25. The van der Waals surface area contributed by atoms with Crippen LogP contribution in [0.15, 0.2) is 29.3 Å². The number of rotatable bonds is 12. The summed E-state index contributed by atoms with van der Waals surface area (Å²) in [5, 5.41) is 16.1. The van der Waals surface area contributed by atoms with Gasteiger partial charge in [0.2, 0.25) is 0 Å². The Labute approximate surface area is 199 Å². The number of halogens is 1. The molecule has 7 heteroatoms. The van der Waals surface area contributed by atoms with Gasteiger partial charge in [-0.05, 0) is 63.1 Å². The van der Waals surface area contributed by atoms with E-state index in [1.54, 1.807) is 0 Å². The van der Waals surface area contributed by atoms with Crippen LogP contribution >= 0.6 is 24.0 Å². The van der Waals surface area contributed by atoms with Crippen LogP contribution in [0.5, 0.6) is 0 Å². The van der Waals surface area contributed by atoms with Crippen LogP contribution in [0.1, 0.15) is 69.8 Å². The molecular weight excluding hydrogens is 491 g/mol. The van der Waals surface area contributed by atoms with Crippen LogP contribution in [0.25, 0.3) is 0 Å². The molecule has 0 radical (unpaired) electrons. The fourth-order valence-electron chi connectivity index (χ4n) is 3.41. The molecule has 0 bridgehead atoms. The average Bonchev–Trinajstić information content (AvgIpc) is 2.76. The number of aliphatic hydroxyl groups excluding tert-OH is 1. The molecule has 0 saturated heterocycles. The molecular formula is C23H41IN4O2. The van der Waals surface area contributed by atoms with Gasteiger partial charge in [-0.15, -0.1) is 24.0 Å². The predicted octanol–water partition coefficient (Wildman–Crippen LogP) is 4.03. The van der Waals surface area contributed by atoms with Crippen LogP contribution in [0.2, 0.25) is 0 Å². The lowest BCUT2D eigenvalue weighted by Crippen LogP contribution is -2.43. The van der Waals surface area contributed by atoms with Gasteiger partial charge >= 0.3 is 0 Å². The smallest absolute Gasteiger partial charge is 0.253 e. The zero-order valence-electron chi connectivity index (χ0n) is 19.3. The zero-order valence-corrected chi connectivity index (χ0v) is 21.7. The molecule has 1 aromatic carbocycles. The third kappa shape index (κ3) is 8.79. The Bertz CT molecular complexity index is 627. The van der Waals surface area contributed by atoms with Crippen molar-refractivity contribution < 1.29 is 9.90 Å². The SMILES string of the molecule is CCNC(=NCc1ccc(C(=O)N(CC)CC)cc1)NCC(CC)(CC)CCO.I. The number of carbonyl (C=O) groups excluding carboxylic acids is 1. The Morgan fingerprint density at radius 1 is 1.03 bits per heavy atom. The highest BCUT2D eigenvalue weighted by atomic mass is 127. The molecule has 1 amide bonds. The van der Waals surface area contributed by atoms with Crippen molar-refractivity contribution in [2.24, 2.45) is 10.4 Å². The fourth-order valence-corrected chi connectivity index (χ4v) is 3.41. The summed E-state index contributed by atoms with van der Waals surface area (Å²) >= 11 is 0. The highest BCUT2D eigenvalue weighted by molar-refractivity contribution is 14.0. The average molecular weight is 533 g/mol. The molecule has 0 fully saturated rings. The Kier molecular flexibility index (Phi) is 14.8. The van der Waals surface area contributed by atoms with Crippen LogP contribution in [0.3, 0.4) is 0 Å². The van der Waals surface area contributed by atoms with Crippen molar-refractivity contribution in [3.63, 3.8) is 0 Å². The maximum absolute atomic E-state index is 12.4. The minimum atomic E-state index is 0. The van der Waals surface area contributed by atoms with Crippen molar-refractivity contribution in [1.82, 2.24) is 15.5 Å². The molecule has 0 atom stereocenters. The van der Waals surface area contributed by atoms with E-state index >= 15 is 0 Å². The molecule has 0 aromatic heterocycles. The molecule has 0 aliphatic rings. The van der Waals surface area contributed by atoms with E-state index in [-0.39, 0.29) is 41.9 Å². The summed E-state index contributed by atoms with van der Waals surface area (Å²) in [6, 6.07) is 7.70. The molecule has 1 rings (SSSR count). The summed E-state index contributed by atoms with van der Waals surface area (Å²) in [6.07, 6.45) is 2.81. The summed E-state index contributed by atoms with van der Waals surface area (Å²) in [5.41, 5.74) is 1.86. The van der Waals surface area contributed by atoms with Crippen LogP contribution in [-0.4, -0.2) is 54.7 Å². The lowest BCUT2D eigenvalue weighted by molar-refractivity contribution is 0.0773. The van der Waals surface area contributed by atoms with Crippen molar-refractivity contribution in [3.05, 3.63) is 35.4 Å². The van der Waals surface area contributed by atoms with Gasteiger partial charge in [0.25, 0.3) is 5.91 Å². The minimum Gasteiger partial charge on any atom is -0.396 e. The van der Waals surface area contributed by atoms with Crippen LogP contribution in [0, 0.1) is 5.41 Å². The van der Waals surface area contributed by atoms with Crippen molar-refractivity contribution in [1.29, 1.82) is 0 Å². The summed E-state index contributed by atoms with van der Waals surface area (Å²) in [7, 11) is 0. The van der Waals surface area contributed by atoms with Gasteiger partial charge in [0, 0.05) is 38.3 Å². The fraction of sp³-hybridized carbons (Fsp3) is 0.652. The molecule has 0 unspecified atom stereocenters. The molecule has 0 aliphatic carbocycles. The first kappa shape index (κ1) is 28.6. The molecule has 0 aliphatic heterocycles. The second kappa shape index (κ2) is 15.5. The Hall–Kier alpha value is -1.35. The number of aliphatic hydroxyl groups is 1. The Morgan fingerprint density at radius 3 is 2.10 bits per heavy atom. The number of aliphatic imine (C=N–C) groups is 1. The molecule has 6 nitrogen and oxygen atoms in total. The van der Waals surface area contributed by atoms with Gasteiger partial charge in [-0.3, -0.25) is 4.79 Å². The highest BCUT2D eigenvalue weighted by Crippen LogP contribution is 2.29. The number of nitrogens with one attached hydrogen (secondary N) is 2. The summed E-state index contributed by atoms with van der Waals surface area (Å²) in [6.45, 7) is 14.1. The first-order valence-corrected chi connectivity index (χ1v) is 11.0. The van der Waals surface area contributed by atoms with Crippen LogP contribution < -0.4 is 10.6 Å². The van der Waals surface area contributed by atoms with Crippen molar-refractivity contribution in [3.8, 4) is 0 Å². The van der Waals surface area contributed by atoms with Gasteiger partial charge < -0.3 is 20.6 Å². The Morgan fingerprint density at radius 2 is 1.63 bits per heavy atom. The number of carbonyl (C=O) groups is 1. The topological polar surface area (TPSA) is 77.0 Å². The van der Waals surface area contributed by atoms with E-state index < -0.39 is 0 Å². The molecule has 30 heavy (non-hydrogen) atoms. The molecule has 0 heterocycles. The Balaban J connectivity index is 0.00000841.